The summed E-state index contributed by atoms with van der Waals surface area (Å²) in [7, 11) is 1.61. The van der Waals surface area contributed by atoms with Gasteiger partial charge < -0.3 is 19.5 Å². The number of benzene rings is 2. The minimum absolute atomic E-state index is 0.195. The SMILES string of the molecule is COc1ccc(NC(=O)C2Cc3cc(Cl)ccc3O2)cc1OC1CCCC1. The Kier molecular flexibility index (Phi) is 5.12. The number of amides is 1. The fourth-order valence-corrected chi connectivity index (χ4v) is 3.81. The zero-order valence-electron chi connectivity index (χ0n) is 15.2. The minimum Gasteiger partial charge on any atom is -0.493 e. The van der Waals surface area contributed by atoms with Crippen LogP contribution in [0.25, 0.3) is 0 Å². The molecule has 0 saturated heterocycles. The van der Waals surface area contributed by atoms with E-state index in [1.54, 1.807) is 25.3 Å². The molecule has 0 radical (unpaired) electrons. The zero-order valence-corrected chi connectivity index (χ0v) is 15.9. The van der Waals surface area contributed by atoms with Gasteiger partial charge in [-0.3, -0.25) is 4.79 Å². The van der Waals surface area contributed by atoms with Crippen LogP contribution in [0.4, 0.5) is 5.69 Å². The molecule has 0 bridgehead atoms. The molecule has 0 spiro atoms. The number of hydrogen-bond donors (Lipinski definition) is 1. The normalized spacial score (nSPS) is 18.7. The number of anilines is 1. The summed E-state index contributed by atoms with van der Waals surface area (Å²) in [4.78, 5) is 12.6. The molecule has 1 saturated carbocycles. The van der Waals surface area contributed by atoms with E-state index in [0.29, 0.717) is 34.4 Å². The summed E-state index contributed by atoms with van der Waals surface area (Å²) >= 11 is 6.01. The minimum atomic E-state index is -0.570. The van der Waals surface area contributed by atoms with E-state index in [1.807, 2.05) is 18.2 Å². The molecule has 4 rings (SSSR count). The van der Waals surface area contributed by atoms with Crippen molar-refractivity contribution in [3.8, 4) is 17.2 Å². The lowest BCUT2D eigenvalue weighted by Gasteiger charge is -2.17. The molecular weight excluding hydrogens is 366 g/mol. The van der Waals surface area contributed by atoms with Gasteiger partial charge in [-0.1, -0.05) is 11.6 Å². The Morgan fingerprint density at radius 3 is 2.74 bits per heavy atom. The molecule has 6 heteroatoms. The molecule has 1 aliphatic heterocycles. The third kappa shape index (κ3) is 3.98. The highest BCUT2D eigenvalue weighted by Crippen LogP contribution is 2.35. The van der Waals surface area contributed by atoms with Gasteiger partial charge >= 0.3 is 0 Å². The van der Waals surface area contributed by atoms with Gasteiger partial charge in [0.05, 0.1) is 13.2 Å². The largest absolute Gasteiger partial charge is 0.493 e. The van der Waals surface area contributed by atoms with Crippen molar-refractivity contribution < 1.29 is 19.0 Å². The van der Waals surface area contributed by atoms with Crippen molar-refractivity contribution in [3.63, 3.8) is 0 Å². The fraction of sp³-hybridized carbons (Fsp3) is 0.381. The molecule has 142 valence electrons. The molecule has 2 aromatic carbocycles. The molecular formula is C21H22ClNO4. The van der Waals surface area contributed by atoms with Crippen molar-refractivity contribution in [1.82, 2.24) is 0 Å². The summed E-state index contributed by atoms with van der Waals surface area (Å²) in [5.74, 6) is 1.84. The van der Waals surface area contributed by atoms with Crippen LogP contribution in [0.2, 0.25) is 5.02 Å². The van der Waals surface area contributed by atoms with Crippen molar-refractivity contribution >= 4 is 23.2 Å². The molecule has 1 amide bonds. The highest BCUT2D eigenvalue weighted by molar-refractivity contribution is 6.30. The predicted octanol–water partition coefficient (Wildman–Crippen LogP) is 4.61. The molecule has 1 aliphatic carbocycles. The number of fused-ring (bicyclic) bond motifs is 1. The van der Waals surface area contributed by atoms with E-state index < -0.39 is 6.10 Å². The Morgan fingerprint density at radius 1 is 1.15 bits per heavy atom. The lowest BCUT2D eigenvalue weighted by molar-refractivity contribution is -0.122. The summed E-state index contributed by atoms with van der Waals surface area (Å²) in [6, 6.07) is 10.8. The Bertz CT molecular complexity index is 848. The lowest BCUT2D eigenvalue weighted by atomic mass is 10.1. The van der Waals surface area contributed by atoms with Crippen LogP contribution in [0.5, 0.6) is 17.2 Å². The molecule has 5 nitrogen and oxygen atoms in total. The predicted molar refractivity (Wildman–Crippen MR) is 104 cm³/mol. The standard InChI is InChI=1S/C21H22ClNO4/c1-25-18-9-7-15(12-19(18)26-16-4-2-3-5-16)23-21(24)20-11-13-10-14(22)6-8-17(13)27-20/h6-10,12,16,20H,2-5,11H2,1H3,(H,23,24). The number of carbonyl (C=O) groups is 1. The Balaban J connectivity index is 1.45. The molecule has 1 unspecified atom stereocenters. The third-order valence-electron chi connectivity index (χ3n) is 5.02. The zero-order chi connectivity index (χ0) is 18.8. The number of carbonyl (C=O) groups excluding carboxylic acids is 1. The van der Waals surface area contributed by atoms with Crippen LogP contribution in [-0.4, -0.2) is 25.2 Å². The first-order valence-electron chi connectivity index (χ1n) is 9.23. The van der Waals surface area contributed by atoms with E-state index in [4.69, 9.17) is 25.8 Å². The van der Waals surface area contributed by atoms with Crippen LogP contribution in [-0.2, 0) is 11.2 Å². The second-order valence-electron chi connectivity index (χ2n) is 6.94. The molecule has 2 aliphatic rings. The maximum atomic E-state index is 12.6. The molecule has 1 fully saturated rings. The Morgan fingerprint density at radius 2 is 1.96 bits per heavy atom. The maximum Gasteiger partial charge on any atom is 0.265 e. The first-order chi connectivity index (χ1) is 13.1. The highest BCUT2D eigenvalue weighted by atomic mass is 35.5. The van der Waals surface area contributed by atoms with Crippen molar-refractivity contribution in [2.24, 2.45) is 0 Å². The van der Waals surface area contributed by atoms with Crippen LogP contribution in [0.3, 0.4) is 0 Å². The van der Waals surface area contributed by atoms with E-state index >= 15 is 0 Å². The second kappa shape index (κ2) is 7.69. The fourth-order valence-electron chi connectivity index (χ4n) is 3.62. The molecule has 27 heavy (non-hydrogen) atoms. The van der Waals surface area contributed by atoms with Crippen LogP contribution in [0.15, 0.2) is 36.4 Å². The van der Waals surface area contributed by atoms with Gasteiger partial charge in [-0.05, 0) is 61.6 Å². The topological polar surface area (TPSA) is 56.8 Å². The van der Waals surface area contributed by atoms with Gasteiger partial charge in [-0.2, -0.15) is 0 Å². The summed E-state index contributed by atoms with van der Waals surface area (Å²) in [6.07, 6.45) is 4.62. The van der Waals surface area contributed by atoms with E-state index in [9.17, 15) is 4.79 Å². The van der Waals surface area contributed by atoms with Crippen LogP contribution < -0.4 is 19.5 Å². The van der Waals surface area contributed by atoms with Gasteiger partial charge in [-0.25, -0.2) is 0 Å². The molecule has 1 N–H and O–H groups in total. The lowest BCUT2D eigenvalue weighted by Crippen LogP contribution is -2.31. The van der Waals surface area contributed by atoms with Crippen molar-refractivity contribution in [2.75, 3.05) is 12.4 Å². The average molecular weight is 388 g/mol. The van der Waals surface area contributed by atoms with E-state index in [2.05, 4.69) is 5.32 Å². The van der Waals surface area contributed by atoms with Gasteiger partial charge in [-0.15, -0.1) is 0 Å². The number of methoxy groups -OCH3 is 1. The summed E-state index contributed by atoms with van der Waals surface area (Å²) < 4.78 is 17.2. The number of nitrogens with one attached hydrogen (secondary N) is 1. The summed E-state index contributed by atoms with van der Waals surface area (Å²) in [6.45, 7) is 0. The van der Waals surface area contributed by atoms with Crippen LogP contribution in [0.1, 0.15) is 31.2 Å². The van der Waals surface area contributed by atoms with E-state index in [1.165, 1.54) is 12.8 Å². The van der Waals surface area contributed by atoms with Crippen LogP contribution >= 0.6 is 11.6 Å². The van der Waals surface area contributed by atoms with Gasteiger partial charge in [0.1, 0.15) is 5.75 Å². The van der Waals surface area contributed by atoms with Gasteiger partial charge in [0.15, 0.2) is 17.6 Å². The molecule has 1 atom stereocenters. The van der Waals surface area contributed by atoms with Crippen molar-refractivity contribution in [2.45, 2.75) is 44.3 Å². The number of rotatable bonds is 5. The third-order valence-corrected chi connectivity index (χ3v) is 5.25. The van der Waals surface area contributed by atoms with Gasteiger partial charge in [0.2, 0.25) is 0 Å². The summed E-state index contributed by atoms with van der Waals surface area (Å²) in [5.41, 5.74) is 1.61. The monoisotopic (exact) mass is 387 g/mol. The van der Waals surface area contributed by atoms with Gasteiger partial charge in [0, 0.05) is 23.2 Å². The highest BCUT2D eigenvalue weighted by Gasteiger charge is 2.29. The average Bonchev–Trinajstić information content (AvgIpc) is 3.31. The van der Waals surface area contributed by atoms with Crippen LogP contribution in [0, 0.1) is 0 Å². The summed E-state index contributed by atoms with van der Waals surface area (Å²) in [5, 5.41) is 3.56. The molecule has 1 heterocycles. The number of ether oxygens (including phenoxy) is 3. The van der Waals surface area contributed by atoms with E-state index in [0.717, 1.165) is 18.4 Å². The number of halogens is 1. The maximum absolute atomic E-state index is 12.6. The Hall–Kier alpha value is -2.40. The second-order valence-corrected chi connectivity index (χ2v) is 7.38. The number of hydrogen-bond acceptors (Lipinski definition) is 4. The van der Waals surface area contributed by atoms with Gasteiger partial charge in [0.25, 0.3) is 5.91 Å². The first-order valence-corrected chi connectivity index (χ1v) is 9.61. The molecule has 2 aromatic rings. The quantitative estimate of drug-likeness (QED) is 0.813. The van der Waals surface area contributed by atoms with E-state index in [-0.39, 0.29) is 12.0 Å². The van der Waals surface area contributed by atoms with Crippen molar-refractivity contribution in [1.29, 1.82) is 0 Å². The molecule has 0 aromatic heterocycles. The van der Waals surface area contributed by atoms with Crippen molar-refractivity contribution in [3.05, 3.63) is 47.0 Å². The first kappa shape index (κ1) is 18.0. The smallest absolute Gasteiger partial charge is 0.265 e. The Labute approximate surface area is 163 Å².